The highest BCUT2D eigenvalue weighted by molar-refractivity contribution is 6.13. The van der Waals surface area contributed by atoms with Crippen molar-refractivity contribution in [2.24, 2.45) is 4.99 Å². The molecule has 2 aromatic carbocycles. The van der Waals surface area contributed by atoms with Gasteiger partial charge in [-0.1, -0.05) is 24.3 Å². The van der Waals surface area contributed by atoms with Crippen molar-refractivity contribution < 1.29 is 23.0 Å². The molecule has 0 N–H and O–H groups in total. The topological polar surface area (TPSA) is 78.6 Å². The molecule has 1 aliphatic heterocycles. The maximum Gasteiger partial charge on any atom is 0.387 e. The summed E-state index contributed by atoms with van der Waals surface area (Å²) in [5.41, 5.74) is 1.73. The van der Waals surface area contributed by atoms with E-state index >= 15 is 0 Å². The van der Waals surface area contributed by atoms with E-state index in [-0.39, 0.29) is 22.9 Å². The van der Waals surface area contributed by atoms with Crippen LogP contribution < -0.4 is 4.74 Å². The van der Waals surface area contributed by atoms with E-state index < -0.39 is 12.6 Å². The molecule has 3 aromatic rings. The highest BCUT2D eigenvalue weighted by Gasteiger charge is 2.26. The van der Waals surface area contributed by atoms with Gasteiger partial charge >= 0.3 is 12.6 Å². The van der Waals surface area contributed by atoms with Crippen molar-refractivity contribution in [2.75, 3.05) is 0 Å². The van der Waals surface area contributed by atoms with Crippen LogP contribution in [0.25, 0.3) is 11.8 Å². The van der Waals surface area contributed by atoms with Gasteiger partial charge in [-0.3, -0.25) is 0 Å². The Kier molecular flexibility index (Phi) is 4.63. The number of hydrogen-bond acceptors (Lipinski definition) is 6. The molecule has 0 radical (unpaired) electrons. The maximum absolute atomic E-state index is 12.6. The Morgan fingerprint density at radius 3 is 2.61 bits per heavy atom. The molecule has 1 aliphatic rings. The van der Waals surface area contributed by atoms with E-state index in [9.17, 15) is 13.6 Å². The Bertz CT molecular complexity index is 1060. The lowest BCUT2D eigenvalue weighted by molar-refractivity contribution is -0.129. The van der Waals surface area contributed by atoms with Gasteiger partial charge in [0.15, 0.2) is 5.70 Å². The van der Waals surface area contributed by atoms with Crippen molar-refractivity contribution >= 4 is 17.9 Å². The van der Waals surface area contributed by atoms with Gasteiger partial charge in [0.2, 0.25) is 5.90 Å². The van der Waals surface area contributed by atoms with Crippen LogP contribution in [0.3, 0.4) is 0 Å². The van der Waals surface area contributed by atoms with Crippen LogP contribution in [0.2, 0.25) is 0 Å². The predicted molar refractivity (Wildman–Crippen MR) is 95.0 cm³/mol. The van der Waals surface area contributed by atoms with Crippen LogP contribution in [-0.4, -0.2) is 33.2 Å². The monoisotopic (exact) mass is 382 g/mol. The minimum Gasteiger partial charge on any atom is -0.434 e. The number of alkyl halides is 2. The highest BCUT2D eigenvalue weighted by atomic mass is 19.3. The second kappa shape index (κ2) is 7.39. The molecular formula is C19H12F2N4O3. The number of hydrogen-bond donors (Lipinski definition) is 0. The summed E-state index contributed by atoms with van der Waals surface area (Å²) in [7, 11) is 0. The number of para-hydroxylation sites is 1. The number of halogens is 2. The van der Waals surface area contributed by atoms with Crippen LogP contribution in [0.5, 0.6) is 5.75 Å². The molecule has 0 atom stereocenters. The van der Waals surface area contributed by atoms with Gasteiger partial charge in [0, 0.05) is 0 Å². The third-order valence-electron chi connectivity index (χ3n) is 3.83. The van der Waals surface area contributed by atoms with Crippen LogP contribution >= 0.6 is 0 Å². The largest absolute Gasteiger partial charge is 0.434 e. The van der Waals surface area contributed by atoms with Crippen molar-refractivity contribution in [2.45, 2.75) is 6.61 Å². The van der Waals surface area contributed by atoms with Gasteiger partial charge in [0.1, 0.15) is 18.4 Å². The zero-order valence-corrected chi connectivity index (χ0v) is 14.2. The number of aromatic nitrogens is 3. The summed E-state index contributed by atoms with van der Waals surface area (Å²) in [4.78, 5) is 20.1. The van der Waals surface area contributed by atoms with Crippen molar-refractivity contribution in [3.63, 3.8) is 0 Å². The Labute approximate surface area is 157 Å². The molecule has 0 saturated heterocycles. The van der Waals surface area contributed by atoms with E-state index in [1.807, 2.05) is 0 Å². The number of aliphatic imine (C=N–C) groups is 1. The Morgan fingerprint density at radius 2 is 1.89 bits per heavy atom. The average molecular weight is 382 g/mol. The number of carbonyl (C=O) groups is 1. The Balaban J connectivity index is 1.61. The molecule has 4 rings (SSSR count). The van der Waals surface area contributed by atoms with E-state index in [2.05, 4.69) is 19.8 Å². The minimum atomic E-state index is -3.00. The van der Waals surface area contributed by atoms with Crippen LogP contribution in [-0.2, 0) is 9.53 Å². The van der Waals surface area contributed by atoms with Gasteiger partial charge in [-0.15, -0.1) is 0 Å². The van der Waals surface area contributed by atoms with Crippen LogP contribution in [0.15, 0.2) is 71.9 Å². The van der Waals surface area contributed by atoms with Crippen molar-refractivity contribution in [3.05, 3.63) is 78.0 Å². The molecule has 0 fully saturated rings. The first-order valence-electron chi connectivity index (χ1n) is 8.12. The summed E-state index contributed by atoms with van der Waals surface area (Å²) in [6, 6.07) is 13.1. The van der Waals surface area contributed by atoms with E-state index in [0.29, 0.717) is 5.56 Å². The van der Waals surface area contributed by atoms with Crippen LogP contribution in [0, 0.1) is 0 Å². The lowest BCUT2D eigenvalue weighted by Gasteiger charge is -2.08. The molecule has 28 heavy (non-hydrogen) atoms. The fraction of sp³-hybridized carbons (Fsp3) is 0.0526. The summed E-state index contributed by atoms with van der Waals surface area (Å²) in [6.45, 7) is -3.00. The van der Waals surface area contributed by atoms with Crippen molar-refractivity contribution in [3.8, 4) is 11.4 Å². The second-order valence-electron chi connectivity index (χ2n) is 5.64. The first kappa shape index (κ1) is 17.5. The molecule has 0 bridgehead atoms. The molecule has 0 amide bonds. The summed E-state index contributed by atoms with van der Waals surface area (Å²) in [5, 5.41) is 4.03. The minimum absolute atomic E-state index is 0.0513. The number of rotatable bonds is 5. The number of benzene rings is 2. The Morgan fingerprint density at radius 1 is 1.11 bits per heavy atom. The number of nitrogens with zero attached hydrogens (tertiary/aromatic N) is 4. The predicted octanol–water partition coefficient (Wildman–Crippen LogP) is 3.21. The smallest absolute Gasteiger partial charge is 0.387 e. The first-order chi connectivity index (χ1) is 13.6. The molecule has 2 heterocycles. The fourth-order valence-corrected chi connectivity index (χ4v) is 2.59. The van der Waals surface area contributed by atoms with Crippen molar-refractivity contribution in [1.82, 2.24) is 14.8 Å². The second-order valence-corrected chi connectivity index (χ2v) is 5.64. The fourth-order valence-electron chi connectivity index (χ4n) is 2.59. The van der Waals surface area contributed by atoms with Gasteiger partial charge in [-0.25, -0.2) is 19.5 Å². The third kappa shape index (κ3) is 3.63. The summed E-state index contributed by atoms with van der Waals surface area (Å²) in [6.07, 6.45) is 4.53. The Hall–Kier alpha value is -3.88. The van der Waals surface area contributed by atoms with Gasteiger partial charge in [-0.2, -0.15) is 13.9 Å². The number of cyclic esters (lactones) is 1. The molecule has 9 heteroatoms. The third-order valence-corrected chi connectivity index (χ3v) is 3.83. The van der Waals surface area contributed by atoms with Gasteiger partial charge in [0.05, 0.1) is 11.3 Å². The lowest BCUT2D eigenvalue weighted by Crippen LogP contribution is -2.10. The molecule has 0 unspecified atom stereocenters. The quantitative estimate of drug-likeness (QED) is 0.500. The first-order valence-corrected chi connectivity index (χ1v) is 8.12. The number of ether oxygens (including phenoxy) is 2. The molecule has 7 nitrogen and oxygen atoms in total. The van der Waals surface area contributed by atoms with E-state index in [0.717, 1.165) is 5.69 Å². The summed E-state index contributed by atoms with van der Waals surface area (Å²) in [5.74, 6) is -0.892. The molecule has 0 saturated carbocycles. The lowest BCUT2D eigenvalue weighted by atomic mass is 10.2. The molecule has 0 spiro atoms. The number of carbonyl (C=O) groups excluding carboxylic acids is 1. The zero-order chi connectivity index (χ0) is 19.5. The van der Waals surface area contributed by atoms with Gasteiger partial charge < -0.3 is 9.47 Å². The van der Waals surface area contributed by atoms with E-state index in [1.165, 1.54) is 30.6 Å². The molecular weight excluding hydrogens is 370 g/mol. The summed E-state index contributed by atoms with van der Waals surface area (Å²) >= 11 is 0. The molecule has 140 valence electrons. The highest BCUT2D eigenvalue weighted by Crippen LogP contribution is 2.26. The average Bonchev–Trinajstić information content (AvgIpc) is 3.33. The normalized spacial score (nSPS) is 15.0. The van der Waals surface area contributed by atoms with Gasteiger partial charge in [0.25, 0.3) is 0 Å². The van der Waals surface area contributed by atoms with Crippen LogP contribution in [0.4, 0.5) is 8.78 Å². The van der Waals surface area contributed by atoms with Gasteiger partial charge in [-0.05, 0) is 35.9 Å². The number of esters is 1. The zero-order valence-electron chi connectivity index (χ0n) is 14.2. The molecule has 1 aromatic heterocycles. The maximum atomic E-state index is 12.6. The standard InChI is InChI=1S/C19H12F2N4O3/c20-19(21)27-16-4-2-1-3-14(16)17-24-15(18(26)28-17)9-12-5-7-13(8-6-12)25-11-22-10-23-25/h1-11,19H/b15-9-. The van der Waals surface area contributed by atoms with Crippen molar-refractivity contribution in [1.29, 1.82) is 0 Å². The van der Waals surface area contributed by atoms with E-state index in [4.69, 9.17) is 4.74 Å². The van der Waals surface area contributed by atoms with E-state index in [1.54, 1.807) is 41.3 Å². The SMILES string of the molecule is O=C1OC(c2ccccc2OC(F)F)=N/C1=C\c1ccc(-n2cncn2)cc1. The molecule has 0 aliphatic carbocycles. The van der Waals surface area contributed by atoms with Crippen LogP contribution in [0.1, 0.15) is 11.1 Å². The summed E-state index contributed by atoms with van der Waals surface area (Å²) < 4.78 is 36.3.